The lowest BCUT2D eigenvalue weighted by Gasteiger charge is -2.09. The minimum absolute atomic E-state index is 0.0348. The van der Waals surface area contributed by atoms with Crippen LogP contribution in [0.15, 0.2) is 0 Å². The van der Waals surface area contributed by atoms with Crippen molar-refractivity contribution in [2.45, 2.75) is 33.2 Å². The van der Waals surface area contributed by atoms with Crippen LogP contribution in [-0.4, -0.2) is 19.0 Å². The monoisotopic (exact) mass is 155 g/mol. The number of hydrogen-bond donors (Lipinski definition) is 0. The first-order valence-corrected chi connectivity index (χ1v) is 3.80. The smallest absolute Gasteiger partial charge is 0.186 e. The average molecular weight is 155 g/mol. The van der Waals surface area contributed by atoms with E-state index in [4.69, 9.17) is 14.7 Å². The van der Waals surface area contributed by atoms with Crippen molar-refractivity contribution >= 4 is 0 Å². The average Bonchev–Trinajstić information content (AvgIpc) is 2.69. The van der Waals surface area contributed by atoms with Crippen molar-refractivity contribution in [3.05, 3.63) is 0 Å². The minimum atomic E-state index is -0.417. The van der Waals surface area contributed by atoms with E-state index in [1.165, 1.54) is 0 Å². The molecule has 0 aromatic carbocycles. The molecule has 0 radical (unpaired) electrons. The second kappa shape index (κ2) is 2.80. The van der Waals surface area contributed by atoms with Crippen molar-refractivity contribution in [3.8, 4) is 6.07 Å². The lowest BCUT2D eigenvalue weighted by atomic mass is 9.91. The lowest BCUT2D eigenvalue weighted by molar-refractivity contribution is 0.0592. The number of nitrogens with zero attached hydrogens (tertiary/aromatic N) is 1. The highest BCUT2D eigenvalue weighted by Gasteiger charge is 2.51. The van der Waals surface area contributed by atoms with Crippen LogP contribution in [0.1, 0.15) is 20.8 Å². The van der Waals surface area contributed by atoms with Crippen molar-refractivity contribution in [2.24, 2.45) is 5.41 Å². The van der Waals surface area contributed by atoms with Crippen LogP contribution in [0.2, 0.25) is 0 Å². The van der Waals surface area contributed by atoms with Crippen LogP contribution >= 0.6 is 0 Å². The van der Waals surface area contributed by atoms with E-state index in [9.17, 15) is 0 Å². The Morgan fingerprint density at radius 3 is 2.73 bits per heavy atom. The summed E-state index contributed by atoms with van der Waals surface area (Å²) in [7, 11) is 0. The number of nitriles is 1. The van der Waals surface area contributed by atoms with Crippen LogP contribution in [0.25, 0.3) is 0 Å². The molecule has 1 rings (SSSR count). The Balaban J connectivity index is 2.38. The van der Waals surface area contributed by atoms with E-state index in [1.54, 1.807) is 0 Å². The van der Waals surface area contributed by atoms with Crippen molar-refractivity contribution in [3.63, 3.8) is 0 Å². The summed E-state index contributed by atoms with van der Waals surface area (Å²) in [5.74, 6) is 0. The first-order chi connectivity index (χ1) is 5.11. The van der Waals surface area contributed by atoms with E-state index in [2.05, 4.69) is 6.07 Å². The molecule has 1 aliphatic rings. The van der Waals surface area contributed by atoms with Gasteiger partial charge in [-0.05, 0) is 20.8 Å². The first kappa shape index (κ1) is 8.51. The fraction of sp³-hybridized carbons (Fsp3) is 0.875. The van der Waals surface area contributed by atoms with Crippen LogP contribution < -0.4 is 0 Å². The molecule has 0 bridgehead atoms. The maximum atomic E-state index is 8.70. The highest BCUT2D eigenvalue weighted by molar-refractivity contribution is 5.04. The maximum Gasteiger partial charge on any atom is 0.186 e. The number of hydrogen-bond acceptors (Lipinski definition) is 3. The van der Waals surface area contributed by atoms with E-state index in [-0.39, 0.29) is 12.4 Å². The molecule has 1 saturated heterocycles. The summed E-state index contributed by atoms with van der Waals surface area (Å²) in [6, 6.07) is 2.19. The molecule has 3 heteroatoms. The topological polar surface area (TPSA) is 45.5 Å². The van der Waals surface area contributed by atoms with Gasteiger partial charge in [0.05, 0.1) is 11.5 Å². The number of rotatable bonds is 3. The summed E-state index contributed by atoms with van der Waals surface area (Å²) in [6.07, 6.45) is -0.179. The Kier molecular flexibility index (Phi) is 2.17. The lowest BCUT2D eigenvalue weighted by Crippen LogP contribution is -2.19. The molecular formula is C8H13NO2. The molecule has 3 nitrogen and oxygen atoms in total. The van der Waals surface area contributed by atoms with Gasteiger partial charge in [-0.2, -0.15) is 5.26 Å². The molecule has 0 amide bonds. The standard InChI is InChI=1S/C8H13NO2/c1-4-10-7-6(11-7)8(2,3)5-9/h6-7H,4H2,1-3H3. The van der Waals surface area contributed by atoms with Crippen LogP contribution in [0.3, 0.4) is 0 Å². The van der Waals surface area contributed by atoms with Gasteiger partial charge in [-0.15, -0.1) is 0 Å². The molecule has 0 aromatic rings. The molecule has 0 N–H and O–H groups in total. The zero-order chi connectivity index (χ0) is 8.48. The zero-order valence-corrected chi connectivity index (χ0v) is 7.13. The molecule has 2 atom stereocenters. The summed E-state index contributed by atoms with van der Waals surface area (Å²) in [4.78, 5) is 0. The summed E-state index contributed by atoms with van der Waals surface area (Å²) < 4.78 is 10.3. The molecule has 0 spiro atoms. The van der Waals surface area contributed by atoms with Crippen molar-refractivity contribution < 1.29 is 9.47 Å². The van der Waals surface area contributed by atoms with Crippen LogP contribution in [0.5, 0.6) is 0 Å². The predicted octanol–water partition coefficient (Wildman–Crippen LogP) is 1.30. The molecule has 62 valence electrons. The fourth-order valence-electron chi connectivity index (χ4n) is 0.964. The SMILES string of the molecule is CCOC1OC1C(C)(C)C#N. The van der Waals surface area contributed by atoms with Gasteiger partial charge in [0.25, 0.3) is 0 Å². The molecular weight excluding hydrogens is 142 g/mol. The van der Waals surface area contributed by atoms with Gasteiger partial charge >= 0.3 is 0 Å². The van der Waals surface area contributed by atoms with Gasteiger partial charge in [0.15, 0.2) is 6.29 Å². The van der Waals surface area contributed by atoms with E-state index in [0.29, 0.717) is 6.61 Å². The summed E-state index contributed by atoms with van der Waals surface area (Å²) in [6.45, 7) is 6.27. The third-order valence-electron chi connectivity index (χ3n) is 1.78. The molecule has 11 heavy (non-hydrogen) atoms. The molecule has 0 saturated carbocycles. The highest BCUT2D eigenvalue weighted by atomic mass is 16.8. The third-order valence-corrected chi connectivity index (χ3v) is 1.78. The van der Waals surface area contributed by atoms with Crippen molar-refractivity contribution in [1.29, 1.82) is 5.26 Å². The second-order valence-electron chi connectivity index (χ2n) is 3.21. The molecule has 1 aliphatic heterocycles. The van der Waals surface area contributed by atoms with Gasteiger partial charge in [0.2, 0.25) is 0 Å². The van der Waals surface area contributed by atoms with E-state index in [0.717, 1.165) is 0 Å². The minimum Gasteiger partial charge on any atom is -0.350 e. The predicted molar refractivity (Wildman–Crippen MR) is 39.7 cm³/mol. The van der Waals surface area contributed by atoms with Gasteiger partial charge < -0.3 is 9.47 Å². The first-order valence-electron chi connectivity index (χ1n) is 3.80. The Bertz CT molecular complexity index is 183. The quantitative estimate of drug-likeness (QED) is 0.577. The van der Waals surface area contributed by atoms with Crippen LogP contribution in [0, 0.1) is 16.7 Å². The zero-order valence-electron chi connectivity index (χ0n) is 7.13. The van der Waals surface area contributed by atoms with Gasteiger partial charge in [-0.25, -0.2) is 0 Å². The van der Waals surface area contributed by atoms with E-state index < -0.39 is 5.41 Å². The summed E-state index contributed by atoms with van der Waals surface area (Å²) in [5.41, 5.74) is -0.417. The Morgan fingerprint density at radius 2 is 2.27 bits per heavy atom. The molecule has 0 aromatic heterocycles. The third kappa shape index (κ3) is 1.70. The Labute approximate surface area is 66.9 Å². The summed E-state index contributed by atoms with van der Waals surface area (Å²) >= 11 is 0. The number of ether oxygens (including phenoxy) is 2. The molecule has 2 unspecified atom stereocenters. The molecule has 1 heterocycles. The Morgan fingerprint density at radius 1 is 1.64 bits per heavy atom. The van der Waals surface area contributed by atoms with Gasteiger partial charge in [0, 0.05) is 6.61 Å². The van der Waals surface area contributed by atoms with E-state index in [1.807, 2.05) is 20.8 Å². The number of epoxide rings is 1. The van der Waals surface area contributed by atoms with Crippen molar-refractivity contribution in [1.82, 2.24) is 0 Å². The fourth-order valence-corrected chi connectivity index (χ4v) is 0.964. The Hall–Kier alpha value is -0.590. The maximum absolute atomic E-state index is 8.70. The van der Waals surface area contributed by atoms with Crippen molar-refractivity contribution in [2.75, 3.05) is 6.61 Å². The largest absolute Gasteiger partial charge is 0.350 e. The normalized spacial score (nSPS) is 29.6. The highest BCUT2D eigenvalue weighted by Crippen LogP contribution is 2.38. The molecule has 1 fully saturated rings. The van der Waals surface area contributed by atoms with Gasteiger partial charge in [0.1, 0.15) is 6.10 Å². The van der Waals surface area contributed by atoms with E-state index >= 15 is 0 Å². The van der Waals surface area contributed by atoms with Crippen LogP contribution in [-0.2, 0) is 9.47 Å². The van der Waals surface area contributed by atoms with Gasteiger partial charge in [-0.3, -0.25) is 0 Å². The second-order valence-corrected chi connectivity index (χ2v) is 3.21. The van der Waals surface area contributed by atoms with Crippen LogP contribution in [0.4, 0.5) is 0 Å². The summed E-state index contributed by atoms with van der Waals surface area (Å²) in [5, 5.41) is 8.70. The molecule has 0 aliphatic carbocycles. The van der Waals surface area contributed by atoms with Gasteiger partial charge in [-0.1, -0.05) is 0 Å².